The van der Waals surface area contributed by atoms with Crippen LogP contribution < -0.4 is 10.7 Å². The van der Waals surface area contributed by atoms with Crippen molar-refractivity contribution in [3.05, 3.63) is 98.8 Å². The van der Waals surface area contributed by atoms with Gasteiger partial charge in [0.05, 0.1) is 29.9 Å². The molecule has 188 valence electrons. The molecule has 0 aliphatic rings. The standard InChI is InChI=1S/C29H26FN3O4/c1-15-11-20(18(4)32-23-8-6-7-22(30)25(23)29(35)36-5)28-21(12-15)26(34)17(3)27(37-28)19-9-10-24-31-16(2)13-33(24)14-19/h6-14,18,32H,1-5H3/t18-/m1/s1. The SMILES string of the molecule is COC(=O)c1c(F)cccc1N[C@H](C)c1cc(C)cc2c(=O)c(C)c(-c3ccc4nc(C)cn4c3)oc12. The number of nitrogens with zero attached hydrogens (tertiary/aromatic N) is 2. The molecular weight excluding hydrogens is 473 g/mol. The second-order valence-corrected chi connectivity index (χ2v) is 9.20. The number of hydrogen-bond acceptors (Lipinski definition) is 6. The molecule has 0 saturated carbocycles. The number of hydrogen-bond donors (Lipinski definition) is 1. The van der Waals surface area contributed by atoms with Gasteiger partial charge in [-0.15, -0.1) is 0 Å². The van der Waals surface area contributed by atoms with E-state index >= 15 is 0 Å². The van der Waals surface area contributed by atoms with Gasteiger partial charge in [0, 0.05) is 29.1 Å². The van der Waals surface area contributed by atoms with E-state index in [1.165, 1.54) is 19.2 Å². The highest BCUT2D eigenvalue weighted by molar-refractivity contribution is 5.96. The first-order valence-electron chi connectivity index (χ1n) is 11.8. The molecule has 2 aromatic carbocycles. The van der Waals surface area contributed by atoms with Gasteiger partial charge in [0.15, 0.2) is 5.43 Å². The molecule has 0 aliphatic heterocycles. The highest BCUT2D eigenvalue weighted by Gasteiger charge is 2.22. The number of methoxy groups -OCH3 is 1. The van der Waals surface area contributed by atoms with Crippen molar-refractivity contribution < 1.29 is 18.3 Å². The molecule has 8 heteroatoms. The van der Waals surface area contributed by atoms with Gasteiger partial charge in [0.2, 0.25) is 0 Å². The Bertz CT molecular complexity index is 1750. The van der Waals surface area contributed by atoms with Crippen LogP contribution in [0.1, 0.15) is 45.7 Å². The minimum Gasteiger partial charge on any atom is -0.465 e. The highest BCUT2D eigenvalue weighted by Crippen LogP contribution is 2.33. The van der Waals surface area contributed by atoms with Crippen molar-refractivity contribution in [1.29, 1.82) is 0 Å². The third-order valence-corrected chi connectivity index (χ3v) is 6.47. The number of rotatable bonds is 5. The van der Waals surface area contributed by atoms with E-state index in [1.807, 2.05) is 55.8 Å². The second-order valence-electron chi connectivity index (χ2n) is 9.20. The predicted molar refractivity (Wildman–Crippen MR) is 141 cm³/mol. The molecule has 0 aliphatic carbocycles. The van der Waals surface area contributed by atoms with Crippen LogP contribution in [-0.4, -0.2) is 22.5 Å². The number of anilines is 1. The number of aromatic nitrogens is 2. The third-order valence-electron chi connectivity index (χ3n) is 6.47. The van der Waals surface area contributed by atoms with Crippen LogP contribution >= 0.6 is 0 Å². The maximum atomic E-state index is 14.5. The lowest BCUT2D eigenvalue weighted by Crippen LogP contribution is -2.15. The lowest BCUT2D eigenvalue weighted by Gasteiger charge is -2.20. The number of imidazole rings is 1. The smallest absolute Gasteiger partial charge is 0.342 e. The number of nitrogens with one attached hydrogen (secondary N) is 1. The number of pyridine rings is 1. The van der Waals surface area contributed by atoms with Gasteiger partial charge in [-0.3, -0.25) is 4.79 Å². The maximum absolute atomic E-state index is 14.5. The average Bonchev–Trinajstić information content (AvgIpc) is 3.25. The molecule has 0 amide bonds. The van der Waals surface area contributed by atoms with Gasteiger partial charge < -0.3 is 18.9 Å². The summed E-state index contributed by atoms with van der Waals surface area (Å²) >= 11 is 0. The minimum absolute atomic E-state index is 0.128. The van der Waals surface area contributed by atoms with Crippen LogP contribution in [0, 0.1) is 26.6 Å². The Labute approximate surface area is 212 Å². The Hall–Kier alpha value is -4.46. The Balaban J connectivity index is 1.67. The van der Waals surface area contributed by atoms with Crippen LogP contribution in [0.3, 0.4) is 0 Å². The van der Waals surface area contributed by atoms with Crippen molar-refractivity contribution >= 4 is 28.3 Å². The number of ether oxygens (including phenoxy) is 1. The molecule has 0 saturated heterocycles. The van der Waals surface area contributed by atoms with Crippen molar-refractivity contribution in [2.45, 2.75) is 33.7 Å². The Morgan fingerprint density at radius 1 is 1.14 bits per heavy atom. The largest absolute Gasteiger partial charge is 0.465 e. The van der Waals surface area contributed by atoms with Crippen LogP contribution in [0.15, 0.2) is 64.1 Å². The molecule has 3 heterocycles. The minimum atomic E-state index is -0.781. The van der Waals surface area contributed by atoms with E-state index in [9.17, 15) is 14.0 Å². The third kappa shape index (κ3) is 4.24. The van der Waals surface area contributed by atoms with Gasteiger partial charge in [-0.1, -0.05) is 12.1 Å². The zero-order valence-electron chi connectivity index (χ0n) is 21.2. The number of benzene rings is 2. The fourth-order valence-electron chi connectivity index (χ4n) is 4.68. The molecule has 0 fully saturated rings. The molecule has 0 unspecified atom stereocenters. The summed E-state index contributed by atoms with van der Waals surface area (Å²) in [5.74, 6) is -1.01. The summed E-state index contributed by atoms with van der Waals surface area (Å²) in [6.45, 7) is 7.43. The lowest BCUT2D eigenvalue weighted by molar-refractivity contribution is 0.0596. The first-order valence-corrected chi connectivity index (χ1v) is 11.8. The summed E-state index contributed by atoms with van der Waals surface area (Å²) < 4.78 is 27.6. The van der Waals surface area contributed by atoms with E-state index in [2.05, 4.69) is 10.3 Å². The Morgan fingerprint density at radius 2 is 1.92 bits per heavy atom. The van der Waals surface area contributed by atoms with Gasteiger partial charge >= 0.3 is 5.97 Å². The van der Waals surface area contributed by atoms with Gasteiger partial charge in [-0.2, -0.15) is 0 Å². The molecule has 0 bridgehead atoms. The van der Waals surface area contributed by atoms with Crippen molar-refractivity contribution in [1.82, 2.24) is 9.38 Å². The van der Waals surface area contributed by atoms with E-state index in [1.54, 1.807) is 19.1 Å². The molecule has 37 heavy (non-hydrogen) atoms. The van der Waals surface area contributed by atoms with E-state index in [4.69, 9.17) is 9.15 Å². The zero-order chi connectivity index (χ0) is 26.4. The normalized spacial score (nSPS) is 12.2. The number of esters is 1. The molecule has 5 aromatic rings. The quantitative estimate of drug-likeness (QED) is 0.293. The molecule has 5 rings (SSSR count). The van der Waals surface area contributed by atoms with Gasteiger partial charge in [-0.25, -0.2) is 14.2 Å². The van der Waals surface area contributed by atoms with Crippen LogP contribution in [0.25, 0.3) is 27.9 Å². The van der Waals surface area contributed by atoms with E-state index < -0.39 is 17.8 Å². The van der Waals surface area contributed by atoms with Crippen LogP contribution in [0.5, 0.6) is 0 Å². The zero-order valence-corrected chi connectivity index (χ0v) is 21.2. The molecule has 1 N–H and O–H groups in total. The molecule has 0 spiro atoms. The Kier molecular flexibility index (Phi) is 6.03. The van der Waals surface area contributed by atoms with Gasteiger partial charge in [0.25, 0.3) is 0 Å². The second kappa shape index (κ2) is 9.20. The summed E-state index contributed by atoms with van der Waals surface area (Å²) in [7, 11) is 1.21. The maximum Gasteiger partial charge on any atom is 0.342 e. The fourth-order valence-corrected chi connectivity index (χ4v) is 4.68. The number of carbonyl (C=O) groups excluding carboxylic acids is 1. The first kappa shape index (κ1) is 24.2. The first-order chi connectivity index (χ1) is 17.7. The van der Waals surface area contributed by atoms with Gasteiger partial charge in [0.1, 0.15) is 28.4 Å². The van der Waals surface area contributed by atoms with Crippen molar-refractivity contribution in [2.75, 3.05) is 12.4 Å². The predicted octanol–water partition coefficient (Wildman–Crippen LogP) is 6.13. The van der Waals surface area contributed by atoms with Crippen LogP contribution in [-0.2, 0) is 4.74 Å². The summed E-state index contributed by atoms with van der Waals surface area (Å²) in [5.41, 5.74) is 4.89. The average molecular weight is 500 g/mol. The van der Waals surface area contributed by atoms with Crippen LogP contribution in [0.4, 0.5) is 10.1 Å². The summed E-state index contributed by atoms with van der Waals surface area (Å²) in [4.78, 5) is 30.2. The molecular formula is C29H26FN3O4. The van der Waals surface area contributed by atoms with E-state index in [-0.39, 0.29) is 16.7 Å². The van der Waals surface area contributed by atoms with E-state index in [0.717, 1.165) is 22.5 Å². The topological polar surface area (TPSA) is 85.8 Å². The molecule has 1 atom stereocenters. The summed E-state index contributed by atoms with van der Waals surface area (Å²) in [5, 5.41) is 3.66. The highest BCUT2D eigenvalue weighted by atomic mass is 19.1. The molecule has 3 aromatic heterocycles. The molecule has 7 nitrogen and oxygen atoms in total. The van der Waals surface area contributed by atoms with Crippen molar-refractivity contribution in [2.24, 2.45) is 0 Å². The monoisotopic (exact) mass is 499 g/mol. The Morgan fingerprint density at radius 3 is 2.68 bits per heavy atom. The number of aryl methyl sites for hydroxylation is 2. The number of halogens is 1. The van der Waals surface area contributed by atoms with E-state index in [0.29, 0.717) is 27.9 Å². The van der Waals surface area contributed by atoms with Gasteiger partial charge in [-0.05, 0) is 63.6 Å². The summed E-state index contributed by atoms with van der Waals surface area (Å²) in [6, 6.07) is 11.4. The van der Waals surface area contributed by atoms with Crippen molar-refractivity contribution in [3.63, 3.8) is 0 Å². The lowest BCUT2D eigenvalue weighted by atomic mass is 9.98. The fraction of sp³-hybridized carbons (Fsp3) is 0.207. The van der Waals surface area contributed by atoms with Crippen molar-refractivity contribution in [3.8, 4) is 11.3 Å². The number of carbonyl (C=O) groups is 1. The van der Waals surface area contributed by atoms with Crippen LogP contribution in [0.2, 0.25) is 0 Å². The summed E-state index contributed by atoms with van der Waals surface area (Å²) in [6.07, 6.45) is 3.79. The number of fused-ring (bicyclic) bond motifs is 2. The molecule has 0 radical (unpaired) electrons.